The van der Waals surface area contributed by atoms with Crippen LogP contribution in [0.25, 0.3) is 22.5 Å². The van der Waals surface area contributed by atoms with Gasteiger partial charge in [0.15, 0.2) is 10.3 Å². The maximum Gasteiger partial charge on any atom is 0.269 e. The lowest BCUT2D eigenvalue weighted by Gasteiger charge is -2.31. The van der Waals surface area contributed by atoms with E-state index in [9.17, 15) is 19.7 Å². The summed E-state index contributed by atoms with van der Waals surface area (Å²) in [5.74, 6) is -1.74. The molecule has 5 aromatic rings. The standard InChI is InChI=1S/C33H26N6O4S2/c1-19-27(30(40)37-32-35-25(17-44-32)21-9-5-3-6-10-21)29(23-13-15-24(16-14-23)39(42)43)28(20(2)34-19)31(41)38-33-36-26(18-45-33)22-11-7-4-8-12-22/h3-18,29,34H,1-2H3,(H,35,37,40)(H,36,38,41). The molecule has 0 spiro atoms. The van der Waals surface area contributed by atoms with E-state index in [1.807, 2.05) is 71.4 Å². The number of nitrogens with zero attached hydrogens (tertiary/aromatic N) is 3. The minimum Gasteiger partial charge on any atom is -0.362 e. The molecule has 224 valence electrons. The predicted molar refractivity (Wildman–Crippen MR) is 177 cm³/mol. The van der Waals surface area contributed by atoms with Crippen LogP contribution in [0.2, 0.25) is 0 Å². The van der Waals surface area contributed by atoms with E-state index in [4.69, 9.17) is 0 Å². The van der Waals surface area contributed by atoms with Gasteiger partial charge in [-0.2, -0.15) is 0 Å². The minimum atomic E-state index is -0.839. The van der Waals surface area contributed by atoms with Gasteiger partial charge in [-0.25, -0.2) is 9.97 Å². The predicted octanol–water partition coefficient (Wildman–Crippen LogP) is 7.35. The lowest BCUT2D eigenvalue weighted by molar-refractivity contribution is -0.384. The average molecular weight is 635 g/mol. The number of thiazole rings is 2. The van der Waals surface area contributed by atoms with Crippen molar-refractivity contribution in [2.45, 2.75) is 19.8 Å². The highest BCUT2D eigenvalue weighted by atomic mass is 32.1. The van der Waals surface area contributed by atoms with E-state index in [1.165, 1.54) is 34.8 Å². The number of hydrogen-bond donors (Lipinski definition) is 3. The molecule has 0 unspecified atom stereocenters. The van der Waals surface area contributed by atoms with Crippen LogP contribution in [0.4, 0.5) is 16.0 Å². The van der Waals surface area contributed by atoms with Crippen molar-refractivity contribution < 1.29 is 14.5 Å². The fourth-order valence-corrected chi connectivity index (χ4v) is 6.62. The van der Waals surface area contributed by atoms with E-state index in [-0.39, 0.29) is 5.69 Å². The molecular weight excluding hydrogens is 609 g/mol. The van der Waals surface area contributed by atoms with Crippen molar-refractivity contribution in [3.63, 3.8) is 0 Å². The second-order valence-electron chi connectivity index (χ2n) is 10.2. The third kappa shape index (κ3) is 6.28. The number of anilines is 2. The van der Waals surface area contributed by atoms with E-state index in [0.717, 1.165) is 22.5 Å². The number of aromatic nitrogens is 2. The lowest BCUT2D eigenvalue weighted by atomic mass is 9.79. The number of hydrogen-bond acceptors (Lipinski definition) is 9. The van der Waals surface area contributed by atoms with Crippen LogP contribution in [-0.4, -0.2) is 26.7 Å². The maximum atomic E-state index is 14.0. The Hall–Kier alpha value is -5.46. The number of rotatable bonds is 8. The molecule has 45 heavy (non-hydrogen) atoms. The lowest BCUT2D eigenvalue weighted by Crippen LogP contribution is -2.35. The zero-order chi connectivity index (χ0) is 31.5. The smallest absolute Gasteiger partial charge is 0.269 e. The zero-order valence-corrected chi connectivity index (χ0v) is 25.7. The van der Waals surface area contributed by atoms with Crippen LogP contribution in [0.1, 0.15) is 25.3 Å². The number of benzene rings is 3. The summed E-state index contributed by atoms with van der Waals surface area (Å²) < 4.78 is 0. The zero-order valence-electron chi connectivity index (χ0n) is 24.1. The molecule has 12 heteroatoms. The number of carbonyl (C=O) groups excluding carboxylic acids is 2. The van der Waals surface area contributed by atoms with Gasteiger partial charge < -0.3 is 5.32 Å². The van der Waals surface area contributed by atoms with Crippen LogP contribution in [0.15, 0.2) is 118 Å². The van der Waals surface area contributed by atoms with Gasteiger partial charge in [-0.3, -0.25) is 30.3 Å². The van der Waals surface area contributed by atoms with Crippen molar-refractivity contribution in [3.05, 3.63) is 134 Å². The van der Waals surface area contributed by atoms with Gasteiger partial charge in [0.1, 0.15) is 0 Å². The van der Waals surface area contributed by atoms with Crippen LogP contribution in [-0.2, 0) is 9.59 Å². The van der Waals surface area contributed by atoms with E-state index in [1.54, 1.807) is 26.0 Å². The van der Waals surface area contributed by atoms with Crippen molar-refractivity contribution in [1.82, 2.24) is 15.3 Å². The van der Waals surface area contributed by atoms with Crippen molar-refractivity contribution in [2.24, 2.45) is 0 Å². The number of nitro groups is 1. The van der Waals surface area contributed by atoms with E-state index in [0.29, 0.717) is 38.4 Å². The first-order valence-corrected chi connectivity index (χ1v) is 15.6. The first-order valence-electron chi connectivity index (χ1n) is 13.9. The molecule has 10 nitrogen and oxygen atoms in total. The average Bonchev–Trinajstić information content (AvgIpc) is 3.71. The summed E-state index contributed by atoms with van der Waals surface area (Å²) in [7, 11) is 0. The highest BCUT2D eigenvalue weighted by molar-refractivity contribution is 7.14. The number of carbonyl (C=O) groups is 2. The van der Waals surface area contributed by atoms with Crippen LogP contribution in [0.3, 0.4) is 0 Å². The summed E-state index contributed by atoms with van der Waals surface area (Å²) >= 11 is 2.58. The number of allylic oxidation sites excluding steroid dienone is 2. The Labute approximate surface area is 266 Å². The quantitative estimate of drug-likeness (QED) is 0.120. The Morgan fingerprint density at radius 3 is 1.60 bits per heavy atom. The van der Waals surface area contributed by atoms with Gasteiger partial charge in [0.05, 0.1) is 16.3 Å². The van der Waals surface area contributed by atoms with Gasteiger partial charge >= 0.3 is 0 Å². The van der Waals surface area contributed by atoms with Crippen molar-refractivity contribution in [2.75, 3.05) is 10.6 Å². The Bertz CT molecular complexity index is 1850. The fraction of sp³-hybridized carbons (Fsp3) is 0.0909. The Balaban J connectivity index is 1.33. The van der Waals surface area contributed by atoms with E-state index >= 15 is 0 Å². The van der Waals surface area contributed by atoms with Crippen LogP contribution in [0, 0.1) is 10.1 Å². The molecule has 0 bridgehead atoms. The summed E-state index contributed by atoms with van der Waals surface area (Å²) in [6.07, 6.45) is 0. The normalized spacial score (nSPS) is 13.4. The van der Waals surface area contributed by atoms with Crippen molar-refractivity contribution in [1.29, 1.82) is 0 Å². The number of amides is 2. The molecule has 0 radical (unpaired) electrons. The molecule has 3 heterocycles. The maximum absolute atomic E-state index is 14.0. The third-order valence-corrected chi connectivity index (χ3v) is 8.79. The van der Waals surface area contributed by atoms with Crippen LogP contribution >= 0.6 is 22.7 Å². The van der Waals surface area contributed by atoms with Gasteiger partial charge in [0, 0.05) is 62.5 Å². The molecule has 0 fully saturated rings. The van der Waals surface area contributed by atoms with Gasteiger partial charge in [-0.15, -0.1) is 22.7 Å². The van der Waals surface area contributed by atoms with Crippen LogP contribution < -0.4 is 16.0 Å². The molecule has 0 saturated carbocycles. The van der Waals surface area contributed by atoms with Gasteiger partial charge in [0.2, 0.25) is 0 Å². The highest BCUT2D eigenvalue weighted by Gasteiger charge is 2.37. The monoisotopic (exact) mass is 634 g/mol. The van der Waals surface area contributed by atoms with Crippen molar-refractivity contribution in [3.8, 4) is 22.5 Å². The molecule has 0 atom stereocenters. The molecule has 3 aromatic carbocycles. The molecule has 1 aliphatic rings. The molecule has 2 aromatic heterocycles. The Kier molecular flexibility index (Phi) is 8.32. The van der Waals surface area contributed by atoms with Gasteiger partial charge in [-0.1, -0.05) is 72.8 Å². The second-order valence-corrected chi connectivity index (χ2v) is 11.9. The molecular formula is C33H26N6O4S2. The van der Waals surface area contributed by atoms with Crippen molar-refractivity contribution >= 4 is 50.4 Å². The number of nitro benzene ring substituents is 1. The molecule has 1 aliphatic heterocycles. The largest absolute Gasteiger partial charge is 0.362 e. The summed E-state index contributed by atoms with van der Waals surface area (Å²) in [6, 6.07) is 25.1. The first kappa shape index (κ1) is 29.6. The summed E-state index contributed by atoms with van der Waals surface area (Å²) in [5.41, 5.74) is 5.42. The van der Waals surface area contributed by atoms with Gasteiger partial charge in [0.25, 0.3) is 17.5 Å². The summed E-state index contributed by atoms with van der Waals surface area (Å²) in [4.78, 5) is 48.0. The number of non-ortho nitro benzene ring substituents is 1. The van der Waals surface area contributed by atoms with E-state index in [2.05, 4.69) is 25.9 Å². The molecule has 3 N–H and O–H groups in total. The molecule has 0 saturated heterocycles. The molecule has 0 aliphatic carbocycles. The summed E-state index contributed by atoms with van der Waals surface area (Å²) in [6.45, 7) is 3.52. The second kappa shape index (κ2) is 12.6. The molecule has 2 amide bonds. The van der Waals surface area contributed by atoms with E-state index < -0.39 is 22.7 Å². The first-order chi connectivity index (χ1) is 21.8. The molecule has 6 rings (SSSR count). The Morgan fingerprint density at radius 2 is 1.18 bits per heavy atom. The minimum absolute atomic E-state index is 0.0986. The number of dihydropyridines is 1. The SMILES string of the molecule is CC1=C(C(=O)Nc2nc(-c3ccccc3)cs2)C(c2ccc([N+](=O)[O-])cc2)C(C(=O)Nc2nc(-c3ccccc3)cs2)=C(C)N1. The van der Waals surface area contributed by atoms with Gasteiger partial charge in [-0.05, 0) is 19.4 Å². The summed E-state index contributed by atoms with van der Waals surface area (Å²) in [5, 5.41) is 24.9. The highest BCUT2D eigenvalue weighted by Crippen LogP contribution is 2.40. The number of nitrogens with one attached hydrogen (secondary N) is 3. The van der Waals surface area contributed by atoms with Crippen LogP contribution in [0.5, 0.6) is 0 Å². The topological polar surface area (TPSA) is 139 Å². The Morgan fingerprint density at radius 1 is 0.733 bits per heavy atom. The third-order valence-electron chi connectivity index (χ3n) is 7.28. The fourth-order valence-electron chi connectivity index (χ4n) is 5.19.